The van der Waals surface area contributed by atoms with E-state index in [1.165, 1.54) is 25.1 Å². The average molecular weight is 321 g/mol. The number of nitrogens with one attached hydrogen (secondary N) is 2. The fraction of sp³-hybridized carbons (Fsp3) is 0.438. The lowest BCUT2D eigenvalue weighted by molar-refractivity contribution is -0.123. The molecule has 0 bridgehead atoms. The number of Topliss-reactive ketones (excluding diaryl/α,β-unsaturated/α-hetero) is 1. The van der Waals surface area contributed by atoms with E-state index in [1.54, 1.807) is 20.8 Å². The topological polar surface area (TPSA) is 122 Å². The SMILES string of the molecule is CC(=O)C(CO)NC(=O)c1ccc(N)c(NC(=O)C(C)(C)C)c1. The Morgan fingerprint density at radius 2 is 1.87 bits per heavy atom. The molecule has 0 aliphatic rings. The number of nitrogen functional groups attached to an aromatic ring is 1. The fourth-order valence-corrected chi connectivity index (χ4v) is 1.63. The van der Waals surface area contributed by atoms with E-state index in [0.717, 1.165) is 0 Å². The molecule has 0 radical (unpaired) electrons. The number of carbonyl (C=O) groups excluding carboxylic acids is 3. The largest absolute Gasteiger partial charge is 0.397 e. The predicted octanol–water partition coefficient (Wildman–Crippen LogP) is 0.933. The normalized spacial score (nSPS) is 12.4. The molecule has 7 heteroatoms. The number of ketones is 1. The first-order valence-electron chi connectivity index (χ1n) is 7.19. The Balaban J connectivity index is 2.98. The number of anilines is 2. The van der Waals surface area contributed by atoms with Crippen LogP contribution in [0.4, 0.5) is 11.4 Å². The summed E-state index contributed by atoms with van der Waals surface area (Å²) in [6.45, 7) is 6.07. The Morgan fingerprint density at radius 3 is 2.35 bits per heavy atom. The quantitative estimate of drug-likeness (QED) is 0.601. The summed E-state index contributed by atoms with van der Waals surface area (Å²) in [6.07, 6.45) is 0. The van der Waals surface area contributed by atoms with Crippen LogP contribution in [0.5, 0.6) is 0 Å². The van der Waals surface area contributed by atoms with Gasteiger partial charge in [0.1, 0.15) is 6.04 Å². The van der Waals surface area contributed by atoms with E-state index in [1.807, 2.05) is 0 Å². The molecule has 1 aromatic carbocycles. The molecule has 1 unspecified atom stereocenters. The van der Waals surface area contributed by atoms with E-state index in [9.17, 15) is 14.4 Å². The van der Waals surface area contributed by atoms with Crippen LogP contribution in [0, 0.1) is 5.41 Å². The van der Waals surface area contributed by atoms with Crippen LogP contribution in [-0.2, 0) is 9.59 Å². The molecule has 0 spiro atoms. The Bertz CT molecular complexity index is 620. The van der Waals surface area contributed by atoms with Crippen molar-refractivity contribution in [1.82, 2.24) is 5.32 Å². The minimum absolute atomic E-state index is 0.225. The molecule has 1 rings (SSSR count). The van der Waals surface area contributed by atoms with Crippen LogP contribution in [0.2, 0.25) is 0 Å². The Labute approximate surface area is 135 Å². The molecule has 126 valence electrons. The van der Waals surface area contributed by atoms with Gasteiger partial charge in [0.15, 0.2) is 5.78 Å². The lowest BCUT2D eigenvalue weighted by Crippen LogP contribution is -2.42. The highest BCUT2D eigenvalue weighted by Crippen LogP contribution is 2.23. The van der Waals surface area contributed by atoms with Gasteiger partial charge in [-0.2, -0.15) is 0 Å². The standard InChI is InChI=1S/C16H23N3O4/c1-9(21)13(8-20)18-14(22)10-5-6-11(17)12(7-10)19-15(23)16(2,3)4/h5-7,13,20H,8,17H2,1-4H3,(H,18,22)(H,19,23). The van der Waals surface area contributed by atoms with Crippen molar-refractivity contribution in [2.24, 2.45) is 5.41 Å². The lowest BCUT2D eigenvalue weighted by Gasteiger charge is -2.19. The van der Waals surface area contributed by atoms with Gasteiger partial charge in [0, 0.05) is 11.0 Å². The zero-order valence-electron chi connectivity index (χ0n) is 13.8. The van der Waals surface area contributed by atoms with Crippen LogP contribution in [0.25, 0.3) is 0 Å². The number of hydrogen-bond donors (Lipinski definition) is 4. The minimum Gasteiger partial charge on any atom is -0.397 e. The maximum atomic E-state index is 12.1. The second-order valence-corrected chi connectivity index (χ2v) is 6.33. The van der Waals surface area contributed by atoms with E-state index in [-0.39, 0.29) is 17.3 Å². The van der Waals surface area contributed by atoms with Gasteiger partial charge < -0.3 is 21.5 Å². The van der Waals surface area contributed by atoms with Gasteiger partial charge in [0.05, 0.1) is 18.0 Å². The van der Waals surface area contributed by atoms with Gasteiger partial charge in [-0.15, -0.1) is 0 Å². The Hall–Kier alpha value is -2.41. The van der Waals surface area contributed by atoms with Crippen molar-refractivity contribution in [3.8, 4) is 0 Å². The van der Waals surface area contributed by atoms with Crippen molar-refractivity contribution in [1.29, 1.82) is 0 Å². The highest BCUT2D eigenvalue weighted by molar-refractivity contribution is 6.02. The van der Waals surface area contributed by atoms with Crippen molar-refractivity contribution < 1.29 is 19.5 Å². The summed E-state index contributed by atoms with van der Waals surface area (Å²) in [5.41, 5.74) is 6.08. The Kier molecular flexibility index (Phi) is 5.86. The first-order valence-corrected chi connectivity index (χ1v) is 7.19. The summed E-state index contributed by atoms with van der Waals surface area (Å²) in [4.78, 5) is 35.4. The highest BCUT2D eigenvalue weighted by atomic mass is 16.3. The monoisotopic (exact) mass is 321 g/mol. The minimum atomic E-state index is -0.965. The number of rotatable bonds is 5. The molecule has 0 saturated heterocycles. The molecule has 5 N–H and O–H groups in total. The molecule has 0 fully saturated rings. The summed E-state index contributed by atoms with van der Waals surface area (Å²) in [7, 11) is 0. The van der Waals surface area contributed by atoms with E-state index < -0.39 is 24.0 Å². The van der Waals surface area contributed by atoms with Crippen molar-refractivity contribution in [2.75, 3.05) is 17.7 Å². The van der Waals surface area contributed by atoms with Crippen molar-refractivity contribution in [3.63, 3.8) is 0 Å². The molecule has 0 aliphatic carbocycles. The smallest absolute Gasteiger partial charge is 0.252 e. The Morgan fingerprint density at radius 1 is 1.26 bits per heavy atom. The second-order valence-electron chi connectivity index (χ2n) is 6.33. The van der Waals surface area contributed by atoms with Gasteiger partial charge in [0.2, 0.25) is 5.91 Å². The number of nitrogens with two attached hydrogens (primary N) is 1. The molecule has 7 nitrogen and oxygen atoms in total. The summed E-state index contributed by atoms with van der Waals surface area (Å²) in [6, 6.07) is 3.44. The third kappa shape index (κ3) is 5.07. The van der Waals surface area contributed by atoms with E-state index in [0.29, 0.717) is 11.4 Å². The molecule has 1 atom stereocenters. The summed E-state index contributed by atoms with van der Waals surface area (Å²) in [5.74, 6) is -1.12. The van der Waals surface area contributed by atoms with Gasteiger partial charge in [-0.3, -0.25) is 14.4 Å². The number of benzene rings is 1. The summed E-state index contributed by atoms with van der Waals surface area (Å²) in [5, 5.41) is 14.2. The molecule has 23 heavy (non-hydrogen) atoms. The average Bonchev–Trinajstić information content (AvgIpc) is 2.45. The molecule has 0 saturated carbocycles. The summed E-state index contributed by atoms with van der Waals surface area (Å²) >= 11 is 0. The first-order chi connectivity index (χ1) is 10.6. The molecule has 0 aromatic heterocycles. The maximum absolute atomic E-state index is 12.1. The van der Waals surface area contributed by atoms with Gasteiger partial charge in [-0.1, -0.05) is 20.8 Å². The molecule has 0 aliphatic heterocycles. The van der Waals surface area contributed by atoms with Crippen molar-refractivity contribution in [3.05, 3.63) is 23.8 Å². The number of aliphatic hydroxyl groups excluding tert-OH is 1. The summed E-state index contributed by atoms with van der Waals surface area (Å²) < 4.78 is 0. The number of amides is 2. The third-order valence-corrected chi connectivity index (χ3v) is 3.22. The van der Waals surface area contributed by atoms with Crippen LogP contribution in [0.3, 0.4) is 0 Å². The molecule has 0 heterocycles. The maximum Gasteiger partial charge on any atom is 0.252 e. The van der Waals surface area contributed by atoms with Crippen molar-refractivity contribution >= 4 is 29.0 Å². The van der Waals surface area contributed by atoms with Crippen LogP contribution in [0.1, 0.15) is 38.1 Å². The van der Waals surface area contributed by atoms with Gasteiger partial charge in [-0.05, 0) is 25.1 Å². The van der Waals surface area contributed by atoms with Gasteiger partial charge in [-0.25, -0.2) is 0 Å². The molecule has 1 aromatic rings. The number of aliphatic hydroxyl groups is 1. The second kappa shape index (κ2) is 7.23. The molecular formula is C16H23N3O4. The zero-order valence-corrected chi connectivity index (χ0v) is 13.8. The van der Waals surface area contributed by atoms with Crippen LogP contribution in [0.15, 0.2) is 18.2 Å². The van der Waals surface area contributed by atoms with Crippen LogP contribution >= 0.6 is 0 Å². The van der Waals surface area contributed by atoms with E-state index in [2.05, 4.69) is 10.6 Å². The lowest BCUT2D eigenvalue weighted by atomic mass is 9.95. The molecule has 2 amide bonds. The number of hydrogen-bond acceptors (Lipinski definition) is 5. The van der Waals surface area contributed by atoms with E-state index >= 15 is 0 Å². The van der Waals surface area contributed by atoms with Crippen molar-refractivity contribution in [2.45, 2.75) is 33.7 Å². The van der Waals surface area contributed by atoms with Gasteiger partial charge >= 0.3 is 0 Å². The third-order valence-electron chi connectivity index (χ3n) is 3.22. The zero-order chi connectivity index (χ0) is 17.8. The molecular weight excluding hydrogens is 298 g/mol. The fourth-order valence-electron chi connectivity index (χ4n) is 1.63. The highest BCUT2D eigenvalue weighted by Gasteiger charge is 2.23. The first kappa shape index (κ1) is 18.6. The van der Waals surface area contributed by atoms with Crippen LogP contribution in [-0.4, -0.2) is 35.4 Å². The van der Waals surface area contributed by atoms with Gasteiger partial charge in [0.25, 0.3) is 5.91 Å². The van der Waals surface area contributed by atoms with E-state index in [4.69, 9.17) is 10.8 Å². The number of carbonyl (C=O) groups is 3. The predicted molar refractivity (Wildman–Crippen MR) is 88.0 cm³/mol. The van der Waals surface area contributed by atoms with Crippen LogP contribution < -0.4 is 16.4 Å².